The summed E-state index contributed by atoms with van der Waals surface area (Å²) in [4.78, 5) is 16.8. The maximum Gasteiger partial charge on any atom is 0.320 e. The van der Waals surface area contributed by atoms with Crippen LogP contribution in [0.1, 0.15) is 51.4 Å². The topological polar surface area (TPSA) is 23.6 Å². The van der Waals surface area contributed by atoms with E-state index >= 15 is 0 Å². The van der Waals surface area contributed by atoms with E-state index in [2.05, 4.69) is 9.80 Å². The van der Waals surface area contributed by atoms with Crippen LogP contribution in [0, 0.1) is 5.92 Å². The first kappa shape index (κ1) is 11.4. The smallest absolute Gasteiger partial charge is 0.320 e. The van der Waals surface area contributed by atoms with Gasteiger partial charge >= 0.3 is 6.03 Å². The Labute approximate surface area is 104 Å². The molecule has 96 valence electrons. The molecule has 2 unspecified atom stereocenters. The molecule has 2 aliphatic heterocycles. The Morgan fingerprint density at radius 3 is 2.35 bits per heavy atom. The molecule has 17 heavy (non-hydrogen) atoms. The van der Waals surface area contributed by atoms with E-state index in [9.17, 15) is 4.79 Å². The zero-order chi connectivity index (χ0) is 11.7. The third kappa shape index (κ3) is 2.16. The van der Waals surface area contributed by atoms with Crippen molar-refractivity contribution in [1.29, 1.82) is 0 Å². The third-order valence-corrected chi connectivity index (χ3v) is 4.87. The summed E-state index contributed by atoms with van der Waals surface area (Å²) in [5, 5.41) is 0. The van der Waals surface area contributed by atoms with Crippen molar-refractivity contribution in [3.63, 3.8) is 0 Å². The molecule has 2 atom stereocenters. The zero-order valence-corrected chi connectivity index (χ0v) is 10.7. The molecular formula is C14H24N2O. The maximum absolute atomic E-state index is 12.5. The first-order chi connectivity index (χ1) is 8.36. The average molecular weight is 236 g/mol. The van der Waals surface area contributed by atoms with Crippen molar-refractivity contribution >= 4 is 6.03 Å². The molecule has 0 aromatic heterocycles. The minimum absolute atomic E-state index is 0.346. The number of carbonyl (C=O) groups is 1. The van der Waals surface area contributed by atoms with Crippen LogP contribution in [0.5, 0.6) is 0 Å². The van der Waals surface area contributed by atoms with E-state index in [1.54, 1.807) is 0 Å². The van der Waals surface area contributed by atoms with Gasteiger partial charge in [0.15, 0.2) is 0 Å². The van der Waals surface area contributed by atoms with E-state index in [1.165, 1.54) is 51.4 Å². The van der Waals surface area contributed by atoms with Crippen LogP contribution in [0.25, 0.3) is 0 Å². The van der Waals surface area contributed by atoms with Crippen LogP contribution < -0.4 is 0 Å². The van der Waals surface area contributed by atoms with Gasteiger partial charge in [0.25, 0.3) is 0 Å². The number of nitrogens with zero attached hydrogens (tertiary/aromatic N) is 2. The Morgan fingerprint density at radius 1 is 0.824 bits per heavy atom. The summed E-state index contributed by atoms with van der Waals surface area (Å²) in [6, 6.07) is 0.921. The van der Waals surface area contributed by atoms with Crippen LogP contribution in [0.4, 0.5) is 4.79 Å². The van der Waals surface area contributed by atoms with E-state index in [0.717, 1.165) is 25.6 Å². The molecule has 1 aliphatic carbocycles. The van der Waals surface area contributed by atoms with Gasteiger partial charge in [-0.3, -0.25) is 0 Å². The number of likely N-dealkylation sites (tertiary alicyclic amines) is 2. The van der Waals surface area contributed by atoms with Gasteiger partial charge < -0.3 is 9.80 Å². The van der Waals surface area contributed by atoms with Crippen LogP contribution in [-0.4, -0.2) is 41.5 Å². The predicted molar refractivity (Wildman–Crippen MR) is 67.9 cm³/mol. The van der Waals surface area contributed by atoms with Crippen LogP contribution in [0.15, 0.2) is 0 Å². The number of piperidine rings is 1. The molecule has 0 N–H and O–H groups in total. The Bertz CT molecular complexity index is 284. The maximum atomic E-state index is 12.5. The number of fused-ring (bicyclic) bond motifs is 1. The highest BCUT2D eigenvalue weighted by molar-refractivity contribution is 5.75. The molecule has 3 nitrogen and oxygen atoms in total. The zero-order valence-electron chi connectivity index (χ0n) is 10.7. The molecule has 2 saturated heterocycles. The van der Waals surface area contributed by atoms with Gasteiger partial charge in [-0.2, -0.15) is 0 Å². The summed E-state index contributed by atoms with van der Waals surface area (Å²) < 4.78 is 0. The van der Waals surface area contributed by atoms with Gasteiger partial charge in [0.1, 0.15) is 0 Å². The molecule has 0 bridgehead atoms. The van der Waals surface area contributed by atoms with Gasteiger partial charge in [-0.25, -0.2) is 4.79 Å². The quantitative estimate of drug-likeness (QED) is 0.634. The van der Waals surface area contributed by atoms with Crippen molar-refractivity contribution in [3.05, 3.63) is 0 Å². The fraction of sp³-hybridized carbons (Fsp3) is 0.929. The highest BCUT2D eigenvalue weighted by Crippen LogP contribution is 2.35. The monoisotopic (exact) mass is 236 g/mol. The Morgan fingerprint density at radius 2 is 1.53 bits per heavy atom. The van der Waals surface area contributed by atoms with E-state index in [4.69, 9.17) is 0 Å². The molecule has 3 rings (SSSR count). The van der Waals surface area contributed by atoms with Crippen LogP contribution in [-0.2, 0) is 0 Å². The number of urea groups is 1. The Kier molecular flexibility index (Phi) is 3.26. The SMILES string of the molecule is O=C(N1CCCC1)N1CCCC2CCCCC21. The molecular weight excluding hydrogens is 212 g/mol. The normalized spacial score (nSPS) is 33.6. The molecule has 3 heteroatoms. The van der Waals surface area contributed by atoms with Gasteiger partial charge in [-0.05, 0) is 44.4 Å². The molecule has 3 fully saturated rings. The summed E-state index contributed by atoms with van der Waals surface area (Å²) >= 11 is 0. The molecule has 0 aromatic rings. The lowest BCUT2D eigenvalue weighted by Crippen LogP contribution is -2.53. The summed E-state index contributed by atoms with van der Waals surface area (Å²) in [7, 11) is 0. The predicted octanol–water partition coefficient (Wildman–Crippen LogP) is 2.86. The minimum Gasteiger partial charge on any atom is -0.325 e. The molecule has 0 aromatic carbocycles. The Hall–Kier alpha value is -0.730. The van der Waals surface area contributed by atoms with Gasteiger partial charge in [-0.15, -0.1) is 0 Å². The molecule has 3 aliphatic rings. The second kappa shape index (κ2) is 4.87. The summed E-state index contributed by atoms with van der Waals surface area (Å²) in [5.41, 5.74) is 0. The largest absolute Gasteiger partial charge is 0.325 e. The van der Waals surface area contributed by atoms with E-state index in [-0.39, 0.29) is 0 Å². The summed E-state index contributed by atoms with van der Waals surface area (Å²) in [5.74, 6) is 0.809. The summed E-state index contributed by atoms with van der Waals surface area (Å²) in [6.07, 6.45) is 10.3. The number of hydrogen-bond donors (Lipinski definition) is 0. The van der Waals surface area contributed by atoms with Crippen molar-refractivity contribution in [3.8, 4) is 0 Å². The molecule has 2 amide bonds. The van der Waals surface area contributed by atoms with Gasteiger partial charge in [0.05, 0.1) is 0 Å². The van der Waals surface area contributed by atoms with Gasteiger partial charge in [-0.1, -0.05) is 12.8 Å². The standard InChI is InChI=1S/C14H24N2O/c17-14(15-9-3-4-10-15)16-11-5-7-12-6-1-2-8-13(12)16/h12-13H,1-11H2. The molecule has 2 heterocycles. The van der Waals surface area contributed by atoms with Gasteiger partial charge in [0, 0.05) is 25.7 Å². The fourth-order valence-electron chi connectivity index (χ4n) is 3.95. The van der Waals surface area contributed by atoms with Crippen molar-refractivity contribution < 1.29 is 4.79 Å². The number of hydrogen-bond acceptors (Lipinski definition) is 1. The first-order valence-corrected chi connectivity index (χ1v) is 7.42. The van der Waals surface area contributed by atoms with E-state index < -0.39 is 0 Å². The first-order valence-electron chi connectivity index (χ1n) is 7.42. The third-order valence-electron chi connectivity index (χ3n) is 4.87. The average Bonchev–Trinajstić information content (AvgIpc) is 2.91. The second-order valence-electron chi connectivity index (χ2n) is 5.92. The minimum atomic E-state index is 0.346. The highest BCUT2D eigenvalue weighted by Gasteiger charge is 2.37. The highest BCUT2D eigenvalue weighted by atomic mass is 16.2. The lowest BCUT2D eigenvalue weighted by molar-refractivity contribution is 0.0681. The Balaban J connectivity index is 1.69. The summed E-state index contributed by atoms with van der Waals surface area (Å²) in [6.45, 7) is 3.00. The number of rotatable bonds is 0. The fourth-order valence-corrected chi connectivity index (χ4v) is 3.95. The van der Waals surface area contributed by atoms with Gasteiger partial charge in [0.2, 0.25) is 0 Å². The van der Waals surface area contributed by atoms with Crippen molar-refractivity contribution in [2.75, 3.05) is 19.6 Å². The lowest BCUT2D eigenvalue weighted by atomic mass is 9.78. The van der Waals surface area contributed by atoms with Crippen molar-refractivity contribution in [2.24, 2.45) is 5.92 Å². The molecule has 0 spiro atoms. The number of carbonyl (C=O) groups excluding carboxylic acids is 1. The van der Waals surface area contributed by atoms with E-state index in [0.29, 0.717) is 12.1 Å². The molecule has 1 saturated carbocycles. The molecule has 0 radical (unpaired) electrons. The lowest BCUT2D eigenvalue weighted by Gasteiger charge is -2.45. The number of amides is 2. The van der Waals surface area contributed by atoms with Crippen LogP contribution in [0.3, 0.4) is 0 Å². The van der Waals surface area contributed by atoms with Crippen molar-refractivity contribution in [1.82, 2.24) is 9.80 Å². The second-order valence-corrected chi connectivity index (χ2v) is 5.92. The van der Waals surface area contributed by atoms with Crippen LogP contribution >= 0.6 is 0 Å². The van der Waals surface area contributed by atoms with E-state index in [1.807, 2.05) is 0 Å². The van der Waals surface area contributed by atoms with Crippen LogP contribution in [0.2, 0.25) is 0 Å². The van der Waals surface area contributed by atoms with Crippen molar-refractivity contribution in [2.45, 2.75) is 57.4 Å².